The number of pyridine rings is 1. The van der Waals surface area contributed by atoms with E-state index in [1.807, 2.05) is 42.5 Å². The zero-order valence-electron chi connectivity index (χ0n) is 10.6. The molecular formula is C15H12BrN3O. The zero-order chi connectivity index (χ0) is 13.9. The monoisotopic (exact) mass is 329 g/mol. The van der Waals surface area contributed by atoms with Gasteiger partial charge in [-0.05, 0) is 30.3 Å². The molecule has 0 fully saturated rings. The van der Waals surface area contributed by atoms with Gasteiger partial charge >= 0.3 is 0 Å². The molecule has 0 unspecified atom stereocenters. The molecule has 20 heavy (non-hydrogen) atoms. The maximum absolute atomic E-state index is 12.0. The molecule has 0 bridgehead atoms. The van der Waals surface area contributed by atoms with E-state index in [-0.39, 0.29) is 5.56 Å². The van der Waals surface area contributed by atoms with Gasteiger partial charge in [0.05, 0.1) is 12.2 Å². The van der Waals surface area contributed by atoms with E-state index < -0.39 is 0 Å². The summed E-state index contributed by atoms with van der Waals surface area (Å²) in [5.74, 6) is 0. The van der Waals surface area contributed by atoms with Crippen molar-refractivity contribution in [1.29, 1.82) is 0 Å². The van der Waals surface area contributed by atoms with Crippen LogP contribution in [0.25, 0.3) is 5.65 Å². The maximum atomic E-state index is 12.0. The third-order valence-corrected chi connectivity index (χ3v) is 3.42. The fourth-order valence-corrected chi connectivity index (χ4v) is 2.38. The van der Waals surface area contributed by atoms with Crippen molar-refractivity contribution in [3.63, 3.8) is 0 Å². The average Bonchev–Trinajstić information content (AvgIpc) is 2.45. The molecule has 0 saturated heterocycles. The number of rotatable bonds is 3. The summed E-state index contributed by atoms with van der Waals surface area (Å²) in [6, 6.07) is 14.9. The molecule has 0 saturated carbocycles. The molecule has 1 N–H and O–H groups in total. The molecule has 1 aromatic carbocycles. The lowest BCUT2D eigenvalue weighted by atomic mass is 10.3. The fraction of sp³-hybridized carbons (Fsp3) is 0.0667. The highest BCUT2D eigenvalue weighted by Gasteiger charge is 2.02. The van der Waals surface area contributed by atoms with E-state index in [9.17, 15) is 4.79 Å². The van der Waals surface area contributed by atoms with E-state index in [4.69, 9.17) is 0 Å². The lowest BCUT2D eigenvalue weighted by molar-refractivity contribution is 0.971. The van der Waals surface area contributed by atoms with Gasteiger partial charge in [-0.3, -0.25) is 9.20 Å². The first kappa shape index (κ1) is 12.9. The highest BCUT2D eigenvalue weighted by atomic mass is 79.9. The quantitative estimate of drug-likeness (QED) is 0.803. The van der Waals surface area contributed by atoms with E-state index in [0.29, 0.717) is 12.2 Å². The Bertz CT molecular complexity index is 813. The number of hydrogen-bond acceptors (Lipinski definition) is 3. The molecule has 5 heteroatoms. The second kappa shape index (κ2) is 5.46. The number of halogens is 1. The zero-order valence-corrected chi connectivity index (χ0v) is 12.2. The topological polar surface area (TPSA) is 46.4 Å². The van der Waals surface area contributed by atoms with Gasteiger partial charge in [-0.1, -0.05) is 28.1 Å². The van der Waals surface area contributed by atoms with Crippen molar-refractivity contribution in [1.82, 2.24) is 9.38 Å². The summed E-state index contributed by atoms with van der Waals surface area (Å²) in [5, 5.41) is 3.25. The Morgan fingerprint density at radius 1 is 1.15 bits per heavy atom. The van der Waals surface area contributed by atoms with Gasteiger partial charge in [0.15, 0.2) is 0 Å². The number of benzene rings is 1. The molecule has 100 valence electrons. The summed E-state index contributed by atoms with van der Waals surface area (Å²) in [5.41, 5.74) is 2.29. The van der Waals surface area contributed by atoms with Crippen LogP contribution in [0.5, 0.6) is 0 Å². The first-order valence-corrected chi connectivity index (χ1v) is 6.98. The molecule has 0 aliphatic heterocycles. The predicted octanol–water partition coefficient (Wildman–Crippen LogP) is 3.07. The van der Waals surface area contributed by atoms with Crippen LogP contribution < -0.4 is 10.9 Å². The maximum Gasteiger partial charge on any atom is 0.258 e. The van der Waals surface area contributed by atoms with Crippen LogP contribution in [-0.2, 0) is 6.54 Å². The lowest BCUT2D eigenvalue weighted by Crippen LogP contribution is -2.16. The van der Waals surface area contributed by atoms with Crippen LogP contribution in [0.1, 0.15) is 5.69 Å². The third kappa shape index (κ3) is 2.72. The van der Waals surface area contributed by atoms with E-state index in [1.165, 1.54) is 4.40 Å². The fourth-order valence-electron chi connectivity index (χ4n) is 1.98. The predicted molar refractivity (Wildman–Crippen MR) is 82.9 cm³/mol. The molecule has 4 nitrogen and oxygen atoms in total. The lowest BCUT2D eigenvalue weighted by Gasteiger charge is -2.07. The Morgan fingerprint density at radius 2 is 2.05 bits per heavy atom. The van der Waals surface area contributed by atoms with E-state index in [0.717, 1.165) is 15.9 Å². The van der Waals surface area contributed by atoms with Crippen LogP contribution in [-0.4, -0.2) is 9.38 Å². The minimum Gasteiger partial charge on any atom is -0.379 e. The van der Waals surface area contributed by atoms with Gasteiger partial charge < -0.3 is 5.32 Å². The summed E-state index contributed by atoms with van der Waals surface area (Å²) in [6.07, 6.45) is 1.72. The highest BCUT2D eigenvalue weighted by molar-refractivity contribution is 9.10. The van der Waals surface area contributed by atoms with Crippen molar-refractivity contribution in [2.75, 3.05) is 5.32 Å². The molecule has 2 aromatic heterocycles. The first-order chi connectivity index (χ1) is 9.72. The Labute approximate surface area is 124 Å². The van der Waals surface area contributed by atoms with Gasteiger partial charge in [-0.15, -0.1) is 0 Å². The molecule has 0 aliphatic carbocycles. The van der Waals surface area contributed by atoms with E-state index in [2.05, 4.69) is 26.2 Å². The third-order valence-electron chi connectivity index (χ3n) is 2.92. The van der Waals surface area contributed by atoms with Crippen molar-refractivity contribution in [3.8, 4) is 0 Å². The van der Waals surface area contributed by atoms with Crippen molar-refractivity contribution >= 4 is 27.3 Å². The second-order valence-corrected chi connectivity index (χ2v) is 5.29. The van der Waals surface area contributed by atoms with Crippen LogP contribution in [0.3, 0.4) is 0 Å². The van der Waals surface area contributed by atoms with E-state index >= 15 is 0 Å². The van der Waals surface area contributed by atoms with Crippen LogP contribution in [0, 0.1) is 0 Å². The summed E-state index contributed by atoms with van der Waals surface area (Å²) < 4.78 is 2.54. The van der Waals surface area contributed by atoms with Gasteiger partial charge in [-0.25, -0.2) is 4.98 Å². The van der Waals surface area contributed by atoms with Crippen molar-refractivity contribution in [2.24, 2.45) is 0 Å². The highest BCUT2D eigenvalue weighted by Crippen LogP contribution is 2.16. The average molecular weight is 330 g/mol. The molecule has 0 amide bonds. The van der Waals surface area contributed by atoms with Gasteiger partial charge in [0, 0.05) is 22.4 Å². The minimum absolute atomic E-state index is 0.0679. The molecule has 0 radical (unpaired) electrons. The van der Waals surface area contributed by atoms with Crippen molar-refractivity contribution < 1.29 is 0 Å². The van der Waals surface area contributed by atoms with Crippen LogP contribution >= 0.6 is 15.9 Å². The Hall–Kier alpha value is -2.14. The molecule has 0 atom stereocenters. The van der Waals surface area contributed by atoms with Gasteiger partial charge in [-0.2, -0.15) is 0 Å². The largest absolute Gasteiger partial charge is 0.379 e. The summed E-state index contributed by atoms with van der Waals surface area (Å²) >= 11 is 3.42. The van der Waals surface area contributed by atoms with Crippen molar-refractivity contribution in [2.45, 2.75) is 6.54 Å². The first-order valence-electron chi connectivity index (χ1n) is 6.19. The summed E-state index contributed by atoms with van der Waals surface area (Å²) in [6.45, 7) is 0.511. The Kier molecular flexibility index (Phi) is 3.52. The smallest absolute Gasteiger partial charge is 0.258 e. The van der Waals surface area contributed by atoms with E-state index in [1.54, 1.807) is 12.3 Å². The van der Waals surface area contributed by atoms with Crippen LogP contribution in [0.4, 0.5) is 5.69 Å². The van der Waals surface area contributed by atoms with Gasteiger partial charge in [0.25, 0.3) is 5.56 Å². The molecule has 0 aliphatic rings. The van der Waals surface area contributed by atoms with Gasteiger partial charge in [0.1, 0.15) is 5.65 Å². The number of nitrogens with one attached hydrogen (secondary N) is 1. The Balaban J connectivity index is 1.86. The molecular weight excluding hydrogens is 318 g/mol. The number of fused-ring (bicyclic) bond motifs is 1. The van der Waals surface area contributed by atoms with Crippen LogP contribution in [0.2, 0.25) is 0 Å². The Morgan fingerprint density at radius 3 is 2.90 bits per heavy atom. The number of aromatic nitrogens is 2. The molecule has 2 heterocycles. The molecule has 0 spiro atoms. The standard InChI is InChI=1S/C15H12BrN3O/c16-11-4-3-5-12(8-11)17-10-13-9-15(20)19-7-2-1-6-14(19)18-13/h1-9,17H,10H2. The van der Waals surface area contributed by atoms with Crippen LogP contribution in [0.15, 0.2) is 64.0 Å². The van der Waals surface area contributed by atoms with Gasteiger partial charge in [0.2, 0.25) is 0 Å². The second-order valence-electron chi connectivity index (χ2n) is 4.38. The SMILES string of the molecule is O=c1cc(CNc2cccc(Br)c2)nc2ccccn12. The molecule has 3 rings (SSSR count). The van der Waals surface area contributed by atoms with Crippen molar-refractivity contribution in [3.05, 3.63) is 75.2 Å². The summed E-state index contributed by atoms with van der Waals surface area (Å²) in [4.78, 5) is 16.4. The number of hydrogen-bond donors (Lipinski definition) is 1. The normalized spacial score (nSPS) is 10.7. The molecule has 3 aromatic rings. The number of nitrogens with zero attached hydrogens (tertiary/aromatic N) is 2. The minimum atomic E-state index is -0.0679. The number of anilines is 1. The summed E-state index contributed by atoms with van der Waals surface area (Å²) in [7, 11) is 0.